The SMILES string of the molecule is C=C(C)C(=O)OC(CC)P(=O)(O)C(CC)OC(=O)C(=C)C. The topological polar surface area (TPSA) is 89.9 Å². The van der Waals surface area contributed by atoms with Crippen LogP contribution in [0.15, 0.2) is 24.3 Å². The molecule has 0 amide bonds. The van der Waals surface area contributed by atoms with E-state index in [-0.39, 0.29) is 24.0 Å². The summed E-state index contributed by atoms with van der Waals surface area (Å²) >= 11 is 0. The maximum absolute atomic E-state index is 12.5. The van der Waals surface area contributed by atoms with Crippen molar-refractivity contribution in [2.24, 2.45) is 0 Å². The fourth-order valence-corrected chi connectivity index (χ4v) is 3.39. The van der Waals surface area contributed by atoms with Gasteiger partial charge in [-0.1, -0.05) is 27.0 Å². The Kier molecular flexibility index (Phi) is 7.61. The van der Waals surface area contributed by atoms with Crippen LogP contribution in [0.25, 0.3) is 0 Å². The van der Waals surface area contributed by atoms with Crippen LogP contribution in [-0.2, 0) is 23.6 Å². The van der Waals surface area contributed by atoms with E-state index in [1.807, 2.05) is 0 Å². The average Bonchev–Trinajstić information content (AvgIpc) is 2.40. The molecule has 0 saturated heterocycles. The van der Waals surface area contributed by atoms with Gasteiger partial charge in [-0.3, -0.25) is 4.57 Å². The monoisotopic (exact) mass is 318 g/mol. The number of hydrogen-bond acceptors (Lipinski definition) is 5. The second kappa shape index (κ2) is 8.15. The summed E-state index contributed by atoms with van der Waals surface area (Å²) < 4.78 is 22.5. The Hall–Kier alpha value is -1.39. The molecule has 2 atom stereocenters. The van der Waals surface area contributed by atoms with Crippen LogP contribution in [0.4, 0.5) is 0 Å². The van der Waals surface area contributed by atoms with E-state index < -0.39 is 31.0 Å². The highest BCUT2D eigenvalue weighted by atomic mass is 31.2. The Morgan fingerprint density at radius 1 is 1.00 bits per heavy atom. The third-order valence-electron chi connectivity index (χ3n) is 2.71. The zero-order valence-electron chi connectivity index (χ0n) is 12.9. The van der Waals surface area contributed by atoms with Gasteiger partial charge in [-0.05, 0) is 26.7 Å². The molecule has 0 bridgehead atoms. The molecule has 7 heteroatoms. The van der Waals surface area contributed by atoms with Gasteiger partial charge < -0.3 is 14.4 Å². The highest BCUT2D eigenvalue weighted by molar-refractivity contribution is 7.59. The number of esters is 2. The van der Waals surface area contributed by atoms with Crippen LogP contribution in [0.5, 0.6) is 0 Å². The molecule has 1 N–H and O–H groups in total. The standard InChI is InChI=1S/C14H23O6P/c1-7-11(19-13(15)9(3)4)21(17,18)12(8-2)20-14(16)10(5)6/h11-12H,3,5,7-8H2,1-2,4,6H3,(H,17,18). The van der Waals surface area contributed by atoms with Crippen LogP contribution in [0.2, 0.25) is 0 Å². The smallest absolute Gasteiger partial charge is 0.333 e. The van der Waals surface area contributed by atoms with Gasteiger partial charge in [0.2, 0.25) is 0 Å². The van der Waals surface area contributed by atoms with Crippen molar-refractivity contribution in [2.45, 2.75) is 52.2 Å². The molecule has 0 aromatic rings. The van der Waals surface area contributed by atoms with Crippen molar-refractivity contribution >= 4 is 19.3 Å². The van der Waals surface area contributed by atoms with E-state index in [0.29, 0.717) is 0 Å². The summed E-state index contributed by atoms with van der Waals surface area (Å²) in [6, 6.07) is 0. The molecule has 0 aliphatic heterocycles. The summed E-state index contributed by atoms with van der Waals surface area (Å²) in [7, 11) is -4.07. The Morgan fingerprint density at radius 3 is 1.48 bits per heavy atom. The Balaban J connectivity index is 5.21. The maximum Gasteiger partial charge on any atom is 0.333 e. The van der Waals surface area contributed by atoms with E-state index >= 15 is 0 Å². The van der Waals surface area contributed by atoms with Crippen LogP contribution in [-0.4, -0.2) is 28.5 Å². The summed E-state index contributed by atoms with van der Waals surface area (Å²) in [5.41, 5.74) is 0.251. The fraction of sp³-hybridized carbons (Fsp3) is 0.571. The lowest BCUT2D eigenvalue weighted by Gasteiger charge is -2.28. The molecule has 0 aliphatic rings. The van der Waals surface area contributed by atoms with Gasteiger partial charge in [0.25, 0.3) is 7.37 Å². The van der Waals surface area contributed by atoms with Gasteiger partial charge in [-0.25, -0.2) is 9.59 Å². The minimum Gasteiger partial charge on any atom is -0.448 e. The predicted octanol–water partition coefficient (Wildman–Crippen LogP) is 2.97. The molecule has 0 saturated carbocycles. The average molecular weight is 318 g/mol. The predicted molar refractivity (Wildman–Crippen MR) is 79.8 cm³/mol. The van der Waals surface area contributed by atoms with E-state index in [2.05, 4.69) is 13.2 Å². The molecule has 2 unspecified atom stereocenters. The number of carbonyl (C=O) groups is 2. The Labute approximate surface area is 125 Å². The lowest BCUT2D eigenvalue weighted by Crippen LogP contribution is -2.27. The van der Waals surface area contributed by atoms with Crippen LogP contribution < -0.4 is 0 Å². The molecule has 6 nitrogen and oxygen atoms in total. The first-order chi connectivity index (χ1) is 9.57. The van der Waals surface area contributed by atoms with Gasteiger partial charge in [-0.15, -0.1) is 0 Å². The molecule has 0 aromatic carbocycles. The van der Waals surface area contributed by atoms with Gasteiger partial charge in [0.15, 0.2) is 11.7 Å². The zero-order valence-corrected chi connectivity index (χ0v) is 13.8. The fourth-order valence-electron chi connectivity index (χ4n) is 1.47. The number of ether oxygens (including phenoxy) is 2. The van der Waals surface area contributed by atoms with E-state index in [4.69, 9.17) is 9.47 Å². The maximum atomic E-state index is 12.5. The van der Waals surface area contributed by atoms with Crippen LogP contribution in [0.1, 0.15) is 40.5 Å². The third kappa shape index (κ3) is 5.48. The third-order valence-corrected chi connectivity index (χ3v) is 5.30. The molecule has 0 aromatic heterocycles. The van der Waals surface area contributed by atoms with Gasteiger partial charge in [-0.2, -0.15) is 0 Å². The highest BCUT2D eigenvalue weighted by Crippen LogP contribution is 2.54. The number of carbonyl (C=O) groups excluding carboxylic acids is 2. The van der Waals surface area contributed by atoms with Crippen molar-refractivity contribution < 1.29 is 28.5 Å². The zero-order chi connectivity index (χ0) is 16.8. The summed E-state index contributed by atoms with van der Waals surface area (Å²) in [4.78, 5) is 33.3. The first-order valence-electron chi connectivity index (χ1n) is 6.62. The van der Waals surface area contributed by atoms with Gasteiger partial charge in [0, 0.05) is 11.1 Å². The Bertz CT molecular complexity index is 442. The lowest BCUT2D eigenvalue weighted by atomic mass is 10.4. The van der Waals surface area contributed by atoms with Crippen molar-refractivity contribution in [3.63, 3.8) is 0 Å². The van der Waals surface area contributed by atoms with Crippen LogP contribution in [0.3, 0.4) is 0 Å². The van der Waals surface area contributed by atoms with Crippen molar-refractivity contribution in [1.82, 2.24) is 0 Å². The van der Waals surface area contributed by atoms with Gasteiger partial charge >= 0.3 is 11.9 Å². The minimum atomic E-state index is -4.07. The number of rotatable bonds is 8. The summed E-state index contributed by atoms with van der Waals surface area (Å²) in [5, 5.41) is 0. The first kappa shape index (κ1) is 19.6. The minimum absolute atomic E-state index is 0.119. The van der Waals surface area contributed by atoms with Crippen molar-refractivity contribution in [3.05, 3.63) is 24.3 Å². The second-order valence-corrected chi connectivity index (χ2v) is 7.27. The van der Waals surface area contributed by atoms with Crippen molar-refractivity contribution in [2.75, 3.05) is 0 Å². The molecule has 0 radical (unpaired) electrons. The molecule has 120 valence electrons. The van der Waals surface area contributed by atoms with Crippen molar-refractivity contribution in [3.8, 4) is 0 Å². The van der Waals surface area contributed by atoms with Crippen LogP contribution >= 0.6 is 7.37 Å². The second-order valence-electron chi connectivity index (χ2n) is 4.77. The molecular weight excluding hydrogens is 295 g/mol. The molecule has 0 spiro atoms. The summed E-state index contributed by atoms with van der Waals surface area (Å²) in [6.07, 6.45) is 0.238. The molecular formula is C14H23O6P. The molecule has 0 rings (SSSR count). The Morgan fingerprint density at radius 2 is 1.29 bits per heavy atom. The summed E-state index contributed by atoms with van der Waals surface area (Å²) in [5.74, 6) is -4.00. The number of hydrogen-bond donors (Lipinski definition) is 1. The van der Waals surface area contributed by atoms with E-state index in [1.54, 1.807) is 13.8 Å². The van der Waals surface area contributed by atoms with Crippen LogP contribution in [0, 0.1) is 0 Å². The molecule has 0 heterocycles. The first-order valence-corrected chi connectivity index (χ1v) is 8.42. The van der Waals surface area contributed by atoms with E-state index in [0.717, 1.165) is 0 Å². The molecule has 0 fully saturated rings. The van der Waals surface area contributed by atoms with Crippen molar-refractivity contribution in [1.29, 1.82) is 0 Å². The lowest BCUT2D eigenvalue weighted by molar-refractivity contribution is -0.142. The van der Waals surface area contributed by atoms with E-state index in [1.165, 1.54) is 13.8 Å². The molecule has 21 heavy (non-hydrogen) atoms. The largest absolute Gasteiger partial charge is 0.448 e. The quantitative estimate of drug-likeness (QED) is 0.420. The van der Waals surface area contributed by atoms with Gasteiger partial charge in [0.1, 0.15) is 0 Å². The summed E-state index contributed by atoms with van der Waals surface area (Å²) in [6.45, 7) is 12.9. The molecule has 0 aliphatic carbocycles. The normalized spacial score (nSPS) is 16.2. The highest BCUT2D eigenvalue weighted by Gasteiger charge is 2.42. The van der Waals surface area contributed by atoms with E-state index in [9.17, 15) is 19.0 Å². The van der Waals surface area contributed by atoms with Gasteiger partial charge in [0.05, 0.1) is 0 Å².